The van der Waals surface area contributed by atoms with E-state index in [1.807, 2.05) is 0 Å². The molecule has 24 heavy (non-hydrogen) atoms. The second-order valence-corrected chi connectivity index (χ2v) is 5.38. The van der Waals surface area contributed by atoms with Crippen molar-refractivity contribution < 1.29 is 17.6 Å². The molecule has 2 nitrogen and oxygen atoms in total. The maximum absolute atomic E-state index is 13.8. The standard InChI is InChI=1S/C17H9ClF4N2/c18-11-7-5-10(6-8-11)13-9-23-16(24-15(13)17(20,21)22)12-3-1-2-4-14(12)19/h1-9H. The minimum atomic E-state index is -4.71. The van der Waals surface area contributed by atoms with E-state index >= 15 is 0 Å². The van der Waals surface area contributed by atoms with E-state index in [0.717, 1.165) is 12.3 Å². The fraction of sp³-hybridized carbons (Fsp3) is 0.0588. The Labute approximate surface area is 139 Å². The third-order valence-corrected chi connectivity index (χ3v) is 3.58. The van der Waals surface area contributed by atoms with Crippen LogP contribution in [0, 0.1) is 5.82 Å². The number of hydrogen-bond donors (Lipinski definition) is 0. The Hall–Kier alpha value is -2.47. The van der Waals surface area contributed by atoms with Gasteiger partial charge in [0.25, 0.3) is 0 Å². The zero-order valence-electron chi connectivity index (χ0n) is 12.0. The van der Waals surface area contributed by atoms with Crippen molar-refractivity contribution in [3.05, 3.63) is 71.3 Å². The van der Waals surface area contributed by atoms with E-state index in [4.69, 9.17) is 11.6 Å². The SMILES string of the molecule is Fc1ccccc1-c1ncc(-c2ccc(Cl)cc2)c(C(F)(F)F)n1. The van der Waals surface area contributed by atoms with Crippen LogP contribution in [0.4, 0.5) is 17.6 Å². The van der Waals surface area contributed by atoms with E-state index < -0.39 is 17.7 Å². The van der Waals surface area contributed by atoms with E-state index in [1.54, 1.807) is 0 Å². The maximum atomic E-state index is 13.8. The van der Waals surface area contributed by atoms with Crippen LogP contribution in [0.5, 0.6) is 0 Å². The minimum absolute atomic E-state index is 0.0920. The lowest BCUT2D eigenvalue weighted by atomic mass is 10.0. The average molecular weight is 353 g/mol. The molecule has 0 radical (unpaired) electrons. The third kappa shape index (κ3) is 3.23. The Kier molecular flexibility index (Phi) is 4.24. The summed E-state index contributed by atoms with van der Waals surface area (Å²) >= 11 is 5.76. The molecule has 122 valence electrons. The summed E-state index contributed by atoms with van der Waals surface area (Å²) in [5, 5.41) is 0.399. The van der Waals surface area contributed by atoms with Crippen molar-refractivity contribution in [2.24, 2.45) is 0 Å². The molecule has 0 aliphatic heterocycles. The van der Waals surface area contributed by atoms with Crippen molar-refractivity contribution in [2.45, 2.75) is 6.18 Å². The summed E-state index contributed by atoms with van der Waals surface area (Å²) in [7, 11) is 0. The first-order chi connectivity index (χ1) is 11.4. The second-order valence-electron chi connectivity index (χ2n) is 4.94. The van der Waals surface area contributed by atoms with Crippen LogP contribution in [-0.2, 0) is 6.18 Å². The molecule has 0 fully saturated rings. The van der Waals surface area contributed by atoms with Crippen molar-refractivity contribution in [1.82, 2.24) is 9.97 Å². The van der Waals surface area contributed by atoms with Gasteiger partial charge in [-0.1, -0.05) is 35.9 Å². The van der Waals surface area contributed by atoms with E-state index in [9.17, 15) is 17.6 Å². The molecule has 2 aromatic carbocycles. The molecule has 0 bridgehead atoms. The second kappa shape index (κ2) is 6.20. The number of rotatable bonds is 2. The van der Waals surface area contributed by atoms with Gasteiger partial charge in [0.05, 0.1) is 5.56 Å². The summed E-state index contributed by atoms with van der Waals surface area (Å²) in [4.78, 5) is 7.46. The summed E-state index contributed by atoms with van der Waals surface area (Å²) in [6.45, 7) is 0. The summed E-state index contributed by atoms with van der Waals surface area (Å²) in [5.74, 6) is -1.01. The summed E-state index contributed by atoms with van der Waals surface area (Å²) in [6, 6.07) is 11.2. The summed E-state index contributed by atoms with van der Waals surface area (Å²) in [5.41, 5.74) is -1.14. The number of aromatic nitrogens is 2. The van der Waals surface area contributed by atoms with E-state index in [-0.39, 0.29) is 22.5 Å². The van der Waals surface area contributed by atoms with Gasteiger partial charge in [0.15, 0.2) is 11.5 Å². The van der Waals surface area contributed by atoms with Gasteiger partial charge in [0, 0.05) is 16.8 Å². The van der Waals surface area contributed by atoms with Gasteiger partial charge in [0.1, 0.15) is 5.82 Å². The van der Waals surface area contributed by atoms with Gasteiger partial charge in [-0.25, -0.2) is 14.4 Å². The fourth-order valence-corrected chi connectivity index (χ4v) is 2.34. The molecule has 0 aliphatic carbocycles. The summed E-state index contributed by atoms with van der Waals surface area (Å²) < 4.78 is 54.0. The van der Waals surface area contributed by atoms with Crippen molar-refractivity contribution in [3.63, 3.8) is 0 Å². The van der Waals surface area contributed by atoms with E-state index in [2.05, 4.69) is 9.97 Å². The fourth-order valence-electron chi connectivity index (χ4n) is 2.21. The Bertz CT molecular complexity index is 877. The molecule has 0 saturated heterocycles. The third-order valence-electron chi connectivity index (χ3n) is 3.33. The molecule has 7 heteroatoms. The van der Waals surface area contributed by atoms with Crippen LogP contribution in [-0.4, -0.2) is 9.97 Å². The van der Waals surface area contributed by atoms with Crippen LogP contribution in [0.1, 0.15) is 5.69 Å². The molecule has 0 amide bonds. The molecule has 0 N–H and O–H groups in total. The normalized spacial score (nSPS) is 11.5. The summed E-state index contributed by atoms with van der Waals surface area (Å²) in [6.07, 6.45) is -3.67. The van der Waals surface area contributed by atoms with Crippen LogP contribution in [0.3, 0.4) is 0 Å². The van der Waals surface area contributed by atoms with Crippen molar-refractivity contribution in [2.75, 3.05) is 0 Å². The molecule has 0 aliphatic rings. The average Bonchev–Trinajstić information content (AvgIpc) is 2.55. The lowest BCUT2D eigenvalue weighted by Gasteiger charge is -2.13. The molecule has 1 heterocycles. The van der Waals surface area contributed by atoms with Crippen molar-refractivity contribution in [3.8, 4) is 22.5 Å². The van der Waals surface area contributed by atoms with Gasteiger partial charge in [-0.15, -0.1) is 0 Å². The number of benzene rings is 2. The lowest BCUT2D eigenvalue weighted by Crippen LogP contribution is -2.12. The Morgan fingerprint density at radius 2 is 1.54 bits per heavy atom. The molecular formula is C17H9ClF4N2. The quantitative estimate of drug-likeness (QED) is 0.559. The monoisotopic (exact) mass is 352 g/mol. The molecule has 1 aromatic heterocycles. The highest BCUT2D eigenvalue weighted by molar-refractivity contribution is 6.30. The Morgan fingerprint density at radius 1 is 0.875 bits per heavy atom. The molecule has 0 saturated carbocycles. The van der Waals surface area contributed by atoms with E-state index in [0.29, 0.717) is 5.02 Å². The molecule has 0 spiro atoms. The smallest absolute Gasteiger partial charge is 0.236 e. The molecule has 3 aromatic rings. The van der Waals surface area contributed by atoms with Crippen molar-refractivity contribution in [1.29, 1.82) is 0 Å². The number of halogens is 5. The Morgan fingerprint density at radius 3 is 2.17 bits per heavy atom. The predicted molar refractivity (Wildman–Crippen MR) is 82.9 cm³/mol. The van der Waals surface area contributed by atoms with Gasteiger partial charge in [0.2, 0.25) is 0 Å². The lowest BCUT2D eigenvalue weighted by molar-refractivity contribution is -0.140. The highest BCUT2D eigenvalue weighted by Gasteiger charge is 2.36. The number of alkyl halides is 3. The molecule has 3 rings (SSSR count). The predicted octanol–water partition coefficient (Wildman–Crippen LogP) is 5.62. The highest BCUT2D eigenvalue weighted by atomic mass is 35.5. The topological polar surface area (TPSA) is 25.8 Å². The Balaban J connectivity index is 2.18. The van der Waals surface area contributed by atoms with Crippen LogP contribution < -0.4 is 0 Å². The van der Waals surface area contributed by atoms with Gasteiger partial charge in [-0.05, 0) is 29.8 Å². The number of nitrogens with zero attached hydrogens (tertiary/aromatic N) is 2. The van der Waals surface area contributed by atoms with Crippen LogP contribution in [0.25, 0.3) is 22.5 Å². The van der Waals surface area contributed by atoms with Gasteiger partial charge >= 0.3 is 6.18 Å². The van der Waals surface area contributed by atoms with Crippen LogP contribution >= 0.6 is 11.6 Å². The zero-order chi connectivity index (χ0) is 17.3. The largest absolute Gasteiger partial charge is 0.434 e. The molecular weight excluding hydrogens is 344 g/mol. The first kappa shape index (κ1) is 16.4. The van der Waals surface area contributed by atoms with Crippen LogP contribution in [0.2, 0.25) is 5.02 Å². The maximum Gasteiger partial charge on any atom is 0.434 e. The minimum Gasteiger partial charge on any atom is -0.236 e. The first-order valence-corrected chi connectivity index (χ1v) is 7.19. The van der Waals surface area contributed by atoms with Gasteiger partial charge in [-0.2, -0.15) is 13.2 Å². The first-order valence-electron chi connectivity index (χ1n) is 6.81. The molecule has 0 unspecified atom stereocenters. The van der Waals surface area contributed by atoms with Crippen molar-refractivity contribution >= 4 is 11.6 Å². The van der Waals surface area contributed by atoms with Gasteiger partial charge in [-0.3, -0.25) is 0 Å². The highest BCUT2D eigenvalue weighted by Crippen LogP contribution is 2.36. The van der Waals surface area contributed by atoms with Crippen LogP contribution in [0.15, 0.2) is 54.7 Å². The zero-order valence-corrected chi connectivity index (χ0v) is 12.7. The van der Waals surface area contributed by atoms with E-state index in [1.165, 1.54) is 42.5 Å². The molecule has 0 atom stereocenters. The van der Waals surface area contributed by atoms with Gasteiger partial charge < -0.3 is 0 Å². The number of hydrogen-bond acceptors (Lipinski definition) is 2.